The van der Waals surface area contributed by atoms with Gasteiger partial charge in [-0.05, 0) is 55.1 Å². The monoisotopic (exact) mass is 566 g/mol. The second-order valence-corrected chi connectivity index (χ2v) is 10.7. The molecule has 11 heteroatoms. The summed E-state index contributed by atoms with van der Waals surface area (Å²) in [6.07, 6.45) is 0.902. The summed E-state index contributed by atoms with van der Waals surface area (Å²) >= 11 is 6.77. The van der Waals surface area contributed by atoms with Gasteiger partial charge in [0.15, 0.2) is 5.82 Å². The molecule has 5 rings (SSSR count). The van der Waals surface area contributed by atoms with Crippen LogP contribution in [0.3, 0.4) is 0 Å². The maximum Gasteiger partial charge on any atom is 0.319 e. The molecule has 1 atom stereocenters. The van der Waals surface area contributed by atoms with Crippen LogP contribution in [0, 0.1) is 5.82 Å². The molecular formula is C29H32ClFN6O3. The van der Waals surface area contributed by atoms with Gasteiger partial charge in [0.1, 0.15) is 17.1 Å². The molecule has 9 nitrogen and oxygen atoms in total. The Balaban J connectivity index is 1.65. The molecule has 4 N–H and O–H groups in total. The minimum absolute atomic E-state index is 0.00105. The van der Waals surface area contributed by atoms with Gasteiger partial charge in [0.25, 0.3) is 0 Å². The molecule has 0 bridgehead atoms. The van der Waals surface area contributed by atoms with E-state index in [4.69, 9.17) is 22.1 Å². The molecule has 0 radical (unpaired) electrons. The van der Waals surface area contributed by atoms with Gasteiger partial charge in [-0.25, -0.2) is 4.39 Å². The number of piperazine rings is 1. The van der Waals surface area contributed by atoms with Crippen molar-refractivity contribution in [2.45, 2.75) is 18.9 Å². The molecule has 1 aromatic heterocycles. The smallest absolute Gasteiger partial charge is 0.319 e. The summed E-state index contributed by atoms with van der Waals surface area (Å²) in [6, 6.07) is 12.1. The van der Waals surface area contributed by atoms with Crippen molar-refractivity contribution < 1.29 is 19.0 Å². The highest BCUT2D eigenvalue weighted by Gasteiger charge is 2.27. The topological polar surface area (TPSA) is 117 Å². The van der Waals surface area contributed by atoms with E-state index in [0.29, 0.717) is 43.0 Å². The summed E-state index contributed by atoms with van der Waals surface area (Å²) < 4.78 is 22.4. The van der Waals surface area contributed by atoms with E-state index < -0.39 is 11.7 Å². The van der Waals surface area contributed by atoms with Gasteiger partial charge in [0.05, 0.1) is 11.6 Å². The third-order valence-electron chi connectivity index (χ3n) is 6.94. The number of phenols is 1. The van der Waals surface area contributed by atoms with Crippen molar-refractivity contribution in [3.8, 4) is 22.9 Å². The summed E-state index contributed by atoms with van der Waals surface area (Å²) in [5.41, 5.74) is 6.09. The first-order valence-electron chi connectivity index (χ1n) is 13.2. The van der Waals surface area contributed by atoms with E-state index in [-0.39, 0.29) is 40.3 Å². The first-order valence-corrected chi connectivity index (χ1v) is 13.5. The lowest BCUT2D eigenvalue weighted by molar-refractivity contribution is -0.118. The van der Waals surface area contributed by atoms with Gasteiger partial charge in [-0.1, -0.05) is 35.9 Å². The number of primary amides is 1. The number of benzene rings is 3. The van der Waals surface area contributed by atoms with Gasteiger partial charge in [0, 0.05) is 49.6 Å². The molecule has 1 saturated heterocycles. The molecule has 0 saturated carbocycles. The minimum Gasteiger partial charge on any atom is -0.508 e. The van der Waals surface area contributed by atoms with Crippen LogP contribution < -0.4 is 20.7 Å². The van der Waals surface area contributed by atoms with Crippen molar-refractivity contribution in [1.82, 2.24) is 20.2 Å². The zero-order chi connectivity index (χ0) is 28.4. The van der Waals surface area contributed by atoms with E-state index in [0.717, 1.165) is 23.7 Å². The summed E-state index contributed by atoms with van der Waals surface area (Å²) in [5, 5.41) is 15.8. The number of hydrogen-bond acceptors (Lipinski definition) is 8. The van der Waals surface area contributed by atoms with Gasteiger partial charge in [-0.15, -0.1) is 0 Å². The number of anilines is 1. The highest BCUT2D eigenvalue weighted by atomic mass is 35.5. The van der Waals surface area contributed by atoms with Crippen molar-refractivity contribution in [2.24, 2.45) is 5.73 Å². The number of carbonyl (C=O) groups is 1. The molecule has 2 heterocycles. The molecule has 210 valence electrons. The fourth-order valence-electron chi connectivity index (χ4n) is 5.16. The number of nitrogens with two attached hydrogens (primary N) is 1. The van der Waals surface area contributed by atoms with Crippen LogP contribution in [-0.2, 0) is 4.79 Å². The van der Waals surface area contributed by atoms with E-state index in [1.165, 1.54) is 6.07 Å². The van der Waals surface area contributed by atoms with E-state index in [1.54, 1.807) is 12.1 Å². The highest BCUT2D eigenvalue weighted by Crippen LogP contribution is 2.42. The van der Waals surface area contributed by atoms with Crippen LogP contribution in [0.25, 0.3) is 32.8 Å². The van der Waals surface area contributed by atoms with Crippen LogP contribution in [0.4, 0.5) is 10.2 Å². The first-order chi connectivity index (χ1) is 19.2. The molecule has 1 aliphatic rings. The SMILES string of the molecule is CN(C)CCCOc1nc(N2CCNC(CC(N)=O)C2)c2cc(Cl)c(-c3cc(O)cc4ccccc34)c(F)c2n1. The Bertz CT molecular complexity index is 1570. The average Bonchev–Trinajstić information content (AvgIpc) is 2.90. The van der Waals surface area contributed by atoms with Crippen LogP contribution in [0.15, 0.2) is 42.5 Å². The Kier molecular flexibility index (Phi) is 8.20. The summed E-state index contributed by atoms with van der Waals surface area (Å²) in [7, 11) is 3.95. The molecule has 1 aliphatic heterocycles. The molecule has 1 fully saturated rings. The van der Waals surface area contributed by atoms with Gasteiger partial charge in [-0.2, -0.15) is 9.97 Å². The Morgan fingerprint density at radius 2 is 2.05 bits per heavy atom. The van der Waals surface area contributed by atoms with E-state index in [1.807, 2.05) is 48.2 Å². The van der Waals surface area contributed by atoms with Crippen LogP contribution in [0.2, 0.25) is 5.02 Å². The summed E-state index contributed by atoms with van der Waals surface area (Å²) in [5.74, 6) is -0.576. The Labute approximate surface area is 236 Å². The van der Waals surface area contributed by atoms with Crippen molar-refractivity contribution in [3.05, 3.63) is 53.3 Å². The maximum atomic E-state index is 16.5. The number of aromatic hydroxyl groups is 1. The number of carbonyl (C=O) groups excluding carboxylic acids is 1. The van der Waals surface area contributed by atoms with Gasteiger partial charge >= 0.3 is 6.01 Å². The maximum absolute atomic E-state index is 16.5. The zero-order valence-electron chi connectivity index (χ0n) is 22.5. The number of amides is 1. The van der Waals surface area contributed by atoms with E-state index in [2.05, 4.69) is 15.3 Å². The number of fused-ring (bicyclic) bond motifs is 2. The number of ether oxygens (including phenoxy) is 1. The molecule has 0 spiro atoms. The predicted octanol–water partition coefficient (Wildman–Crippen LogP) is 3.93. The molecule has 4 aromatic rings. The normalized spacial score (nSPS) is 15.7. The molecule has 1 amide bonds. The van der Waals surface area contributed by atoms with Crippen LogP contribution in [0.1, 0.15) is 12.8 Å². The number of nitrogens with one attached hydrogen (secondary N) is 1. The molecule has 3 aromatic carbocycles. The standard InChI is InChI=1S/C29H32ClFN6O3/c1-36(2)9-5-11-40-29-34-27-22(28(35-29)37-10-8-33-18(16-37)13-24(32)39)15-23(30)25(26(27)31)21-14-19(38)12-17-6-3-4-7-20(17)21/h3-4,6-7,12,14-15,18,33,38H,5,8-11,13,16H2,1-2H3,(H2,32,39). The largest absolute Gasteiger partial charge is 0.508 e. The second kappa shape index (κ2) is 11.8. The van der Waals surface area contributed by atoms with Crippen LogP contribution in [-0.4, -0.2) is 78.8 Å². The summed E-state index contributed by atoms with van der Waals surface area (Å²) in [6.45, 7) is 2.76. The first kappa shape index (κ1) is 27.8. The third-order valence-corrected chi connectivity index (χ3v) is 7.24. The van der Waals surface area contributed by atoms with E-state index >= 15 is 4.39 Å². The lowest BCUT2D eigenvalue weighted by atomic mass is 9.96. The molecule has 40 heavy (non-hydrogen) atoms. The number of hydrogen-bond donors (Lipinski definition) is 3. The van der Waals surface area contributed by atoms with Crippen LogP contribution >= 0.6 is 11.6 Å². The lowest BCUT2D eigenvalue weighted by Gasteiger charge is -2.34. The number of aromatic nitrogens is 2. The van der Waals surface area contributed by atoms with Crippen LogP contribution in [0.5, 0.6) is 11.8 Å². The molecular weight excluding hydrogens is 535 g/mol. The fraction of sp³-hybridized carbons (Fsp3) is 0.345. The lowest BCUT2D eigenvalue weighted by Crippen LogP contribution is -2.52. The summed E-state index contributed by atoms with van der Waals surface area (Å²) in [4.78, 5) is 24.8. The number of halogens is 2. The van der Waals surface area contributed by atoms with Crippen molar-refractivity contribution in [3.63, 3.8) is 0 Å². The van der Waals surface area contributed by atoms with Crippen molar-refractivity contribution >= 4 is 45.0 Å². The zero-order valence-corrected chi connectivity index (χ0v) is 23.2. The highest BCUT2D eigenvalue weighted by molar-refractivity contribution is 6.35. The Morgan fingerprint density at radius 3 is 2.83 bits per heavy atom. The average molecular weight is 567 g/mol. The second-order valence-electron chi connectivity index (χ2n) is 10.3. The number of phenolic OH excluding ortho intramolecular Hbond substituents is 1. The predicted molar refractivity (Wildman–Crippen MR) is 156 cm³/mol. The molecule has 0 aliphatic carbocycles. The number of nitrogens with zero attached hydrogens (tertiary/aromatic N) is 4. The Hall–Kier alpha value is -3.73. The van der Waals surface area contributed by atoms with Gasteiger partial charge < -0.3 is 30.7 Å². The fourth-order valence-corrected chi connectivity index (χ4v) is 5.45. The quantitative estimate of drug-likeness (QED) is 0.261. The van der Waals surface area contributed by atoms with Crippen molar-refractivity contribution in [2.75, 3.05) is 51.8 Å². The minimum atomic E-state index is -0.635. The van der Waals surface area contributed by atoms with Gasteiger partial charge in [-0.3, -0.25) is 4.79 Å². The van der Waals surface area contributed by atoms with E-state index in [9.17, 15) is 9.90 Å². The van der Waals surface area contributed by atoms with Gasteiger partial charge in [0.2, 0.25) is 5.91 Å². The Morgan fingerprint density at radius 1 is 1.25 bits per heavy atom. The van der Waals surface area contributed by atoms with Crippen molar-refractivity contribution in [1.29, 1.82) is 0 Å². The number of rotatable bonds is 9. The molecule has 1 unspecified atom stereocenters. The third kappa shape index (κ3) is 5.89.